The van der Waals surface area contributed by atoms with Gasteiger partial charge in [-0.15, -0.1) is 11.3 Å². The maximum atomic E-state index is 5.38. The number of nitrogen functional groups attached to an aromatic ring is 1. The number of hydrogen-bond donors (Lipinski definition) is 2. The fraction of sp³-hybridized carbons (Fsp3) is 0.250. The average Bonchev–Trinajstić information content (AvgIpc) is 2.74. The van der Waals surface area contributed by atoms with E-state index in [1.54, 1.807) is 17.5 Å². The molecule has 0 fully saturated rings. The van der Waals surface area contributed by atoms with Crippen LogP contribution in [0.5, 0.6) is 0 Å². The highest BCUT2D eigenvalue weighted by Crippen LogP contribution is 2.21. The largest absolute Gasteiger partial charge is 0.324 e. The van der Waals surface area contributed by atoms with E-state index < -0.39 is 0 Å². The minimum absolute atomic E-state index is 0.795. The molecule has 6 heteroatoms. The monoisotopic (exact) mass is 326 g/mol. The van der Waals surface area contributed by atoms with Gasteiger partial charge in [-0.1, -0.05) is 0 Å². The van der Waals surface area contributed by atoms with E-state index in [9.17, 15) is 0 Å². The van der Waals surface area contributed by atoms with Crippen LogP contribution >= 0.6 is 27.3 Å². The lowest BCUT2D eigenvalue weighted by Gasteiger charge is -2.15. The number of nitrogens with one attached hydrogen (secondary N) is 1. The van der Waals surface area contributed by atoms with Gasteiger partial charge in [0.1, 0.15) is 0 Å². The molecule has 0 aliphatic heterocycles. The van der Waals surface area contributed by atoms with Gasteiger partial charge < -0.3 is 5.43 Å². The van der Waals surface area contributed by atoms with Gasteiger partial charge in [-0.3, -0.25) is 15.7 Å². The molecule has 0 unspecified atom stereocenters. The van der Waals surface area contributed by atoms with E-state index >= 15 is 0 Å². The summed E-state index contributed by atoms with van der Waals surface area (Å²) >= 11 is 5.18. The molecule has 0 bridgehead atoms. The second-order valence-corrected chi connectivity index (χ2v) is 6.40. The molecule has 18 heavy (non-hydrogen) atoms. The second-order valence-electron chi connectivity index (χ2n) is 4.11. The fourth-order valence-corrected chi connectivity index (χ4v) is 2.93. The van der Waals surface area contributed by atoms with Gasteiger partial charge in [0.2, 0.25) is 0 Å². The lowest BCUT2D eigenvalue weighted by atomic mass is 10.3. The number of hydrogen-bond acceptors (Lipinski definition) is 5. The van der Waals surface area contributed by atoms with Crippen molar-refractivity contribution in [3.8, 4) is 0 Å². The zero-order valence-electron chi connectivity index (χ0n) is 10.1. The van der Waals surface area contributed by atoms with Crippen LogP contribution in [0.4, 0.5) is 5.69 Å². The first-order chi connectivity index (χ1) is 8.67. The molecular formula is C12H15BrN4S. The van der Waals surface area contributed by atoms with Crippen molar-refractivity contribution in [1.29, 1.82) is 0 Å². The first-order valence-electron chi connectivity index (χ1n) is 5.50. The SMILES string of the molecule is CN(Cc1csc(Br)c1)Cc1cc(NN)ccn1. The molecule has 0 aromatic carbocycles. The number of nitrogens with zero attached hydrogens (tertiary/aromatic N) is 2. The van der Waals surface area contributed by atoms with Gasteiger partial charge in [0.15, 0.2) is 0 Å². The van der Waals surface area contributed by atoms with Crippen LogP contribution in [0.3, 0.4) is 0 Å². The Hall–Kier alpha value is -0.950. The number of aromatic nitrogens is 1. The van der Waals surface area contributed by atoms with Crippen LogP contribution in [0.15, 0.2) is 33.6 Å². The van der Waals surface area contributed by atoms with E-state index in [4.69, 9.17) is 5.84 Å². The summed E-state index contributed by atoms with van der Waals surface area (Å²) in [6.07, 6.45) is 1.76. The molecule has 0 aliphatic carbocycles. The Morgan fingerprint density at radius 2 is 2.28 bits per heavy atom. The maximum absolute atomic E-state index is 5.38. The molecule has 2 rings (SSSR count). The average molecular weight is 327 g/mol. The van der Waals surface area contributed by atoms with Gasteiger partial charge in [0.05, 0.1) is 15.2 Å². The summed E-state index contributed by atoms with van der Waals surface area (Å²) < 4.78 is 1.17. The van der Waals surface area contributed by atoms with Gasteiger partial charge in [-0.25, -0.2) is 0 Å². The van der Waals surface area contributed by atoms with Gasteiger partial charge >= 0.3 is 0 Å². The summed E-state index contributed by atoms with van der Waals surface area (Å²) in [5.74, 6) is 5.38. The fourth-order valence-electron chi connectivity index (χ4n) is 1.73. The summed E-state index contributed by atoms with van der Waals surface area (Å²) in [5, 5.41) is 2.16. The highest BCUT2D eigenvalue weighted by atomic mass is 79.9. The van der Waals surface area contributed by atoms with E-state index in [2.05, 4.69) is 49.7 Å². The van der Waals surface area contributed by atoms with Crippen molar-refractivity contribution in [2.75, 3.05) is 12.5 Å². The molecule has 0 atom stereocenters. The van der Waals surface area contributed by atoms with Crippen molar-refractivity contribution in [3.63, 3.8) is 0 Å². The van der Waals surface area contributed by atoms with E-state index in [0.717, 1.165) is 24.5 Å². The third-order valence-electron chi connectivity index (χ3n) is 2.49. The Bertz CT molecular complexity index is 514. The third kappa shape index (κ3) is 3.78. The molecular weight excluding hydrogens is 312 g/mol. The Morgan fingerprint density at radius 1 is 1.44 bits per heavy atom. The molecule has 0 spiro atoms. The minimum atomic E-state index is 0.795. The molecule has 4 nitrogen and oxygen atoms in total. The Labute approximate surface area is 119 Å². The van der Waals surface area contributed by atoms with Crippen molar-refractivity contribution in [2.24, 2.45) is 5.84 Å². The molecule has 3 N–H and O–H groups in total. The van der Waals surface area contributed by atoms with Crippen molar-refractivity contribution >= 4 is 33.0 Å². The van der Waals surface area contributed by atoms with Gasteiger partial charge in [0.25, 0.3) is 0 Å². The lowest BCUT2D eigenvalue weighted by Crippen LogP contribution is -2.18. The van der Waals surface area contributed by atoms with Crippen LogP contribution in [0.25, 0.3) is 0 Å². The predicted octanol–water partition coefficient (Wildman–Crippen LogP) is 2.82. The van der Waals surface area contributed by atoms with Crippen molar-refractivity contribution in [2.45, 2.75) is 13.1 Å². The van der Waals surface area contributed by atoms with Crippen LogP contribution in [-0.2, 0) is 13.1 Å². The molecule has 0 aliphatic rings. The summed E-state index contributed by atoms with van der Waals surface area (Å²) in [4.78, 5) is 6.55. The van der Waals surface area contributed by atoms with Gasteiger partial charge in [-0.05, 0) is 52.1 Å². The molecule has 0 saturated carbocycles. The Kier molecular flexibility index (Phi) is 4.71. The second kappa shape index (κ2) is 6.29. The van der Waals surface area contributed by atoms with Crippen LogP contribution in [0.2, 0.25) is 0 Å². The highest BCUT2D eigenvalue weighted by molar-refractivity contribution is 9.11. The zero-order chi connectivity index (χ0) is 13.0. The van der Waals surface area contributed by atoms with Gasteiger partial charge in [0, 0.05) is 19.3 Å². The first kappa shape index (κ1) is 13.5. The van der Waals surface area contributed by atoms with Crippen molar-refractivity contribution in [1.82, 2.24) is 9.88 Å². The topological polar surface area (TPSA) is 54.2 Å². The lowest BCUT2D eigenvalue weighted by molar-refractivity contribution is 0.315. The molecule has 0 saturated heterocycles. The highest BCUT2D eigenvalue weighted by Gasteiger charge is 2.05. The summed E-state index contributed by atoms with van der Waals surface area (Å²) in [7, 11) is 2.08. The summed E-state index contributed by atoms with van der Waals surface area (Å²) in [5.41, 5.74) is 5.82. The smallest absolute Gasteiger partial charge is 0.0701 e. The number of anilines is 1. The Balaban J connectivity index is 1.96. The minimum Gasteiger partial charge on any atom is -0.324 e. The molecule has 96 valence electrons. The number of hydrazine groups is 1. The molecule has 2 heterocycles. The quantitative estimate of drug-likeness (QED) is 0.655. The van der Waals surface area contributed by atoms with Crippen molar-refractivity contribution < 1.29 is 0 Å². The standard InChI is InChI=1S/C12H15BrN4S/c1-17(6-9-4-12(13)18-8-9)7-11-5-10(16-14)2-3-15-11/h2-5,8H,6-7,14H2,1H3,(H,15,16). The van der Waals surface area contributed by atoms with Crippen LogP contribution in [0.1, 0.15) is 11.3 Å². The molecule has 0 radical (unpaired) electrons. The summed E-state index contributed by atoms with van der Waals surface area (Å²) in [6, 6.07) is 5.95. The number of halogens is 1. The number of nitrogens with two attached hydrogens (primary N) is 1. The predicted molar refractivity (Wildman–Crippen MR) is 79.2 cm³/mol. The number of rotatable bonds is 5. The first-order valence-corrected chi connectivity index (χ1v) is 7.17. The van der Waals surface area contributed by atoms with Crippen LogP contribution in [0, 0.1) is 0 Å². The van der Waals surface area contributed by atoms with E-state index in [-0.39, 0.29) is 0 Å². The zero-order valence-corrected chi connectivity index (χ0v) is 12.5. The molecule has 0 amide bonds. The Morgan fingerprint density at radius 3 is 2.94 bits per heavy atom. The third-order valence-corrected chi connectivity index (χ3v) is 4.04. The van der Waals surface area contributed by atoms with E-state index in [0.29, 0.717) is 0 Å². The number of thiophene rings is 1. The summed E-state index contributed by atoms with van der Waals surface area (Å²) in [6.45, 7) is 1.70. The molecule has 2 aromatic heterocycles. The van der Waals surface area contributed by atoms with Crippen LogP contribution < -0.4 is 11.3 Å². The normalized spacial score (nSPS) is 10.9. The van der Waals surface area contributed by atoms with E-state index in [1.807, 2.05) is 12.1 Å². The van der Waals surface area contributed by atoms with Crippen LogP contribution in [-0.4, -0.2) is 16.9 Å². The number of pyridine rings is 1. The van der Waals surface area contributed by atoms with E-state index in [1.165, 1.54) is 9.35 Å². The van der Waals surface area contributed by atoms with Crippen molar-refractivity contribution in [3.05, 3.63) is 44.8 Å². The maximum Gasteiger partial charge on any atom is 0.0701 e. The molecule has 2 aromatic rings. The van der Waals surface area contributed by atoms with Gasteiger partial charge in [-0.2, -0.15) is 0 Å².